The van der Waals surface area contributed by atoms with Gasteiger partial charge in [-0.15, -0.1) is 0 Å². The number of carbonyl (C=O) groups excluding carboxylic acids is 1. The van der Waals surface area contributed by atoms with Gasteiger partial charge in [-0.3, -0.25) is 4.79 Å². The van der Waals surface area contributed by atoms with Crippen molar-refractivity contribution in [3.05, 3.63) is 11.6 Å². The van der Waals surface area contributed by atoms with Crippen LogP contribution in [0.4, 0.5) is 0 Å². The van der Waals surface area contributed by atoms with Gasteiger partial charge in [0.05, 0.1) is 18.3 Å². The standard InChI is InChI=1S/C27H48O4Si2/c1-25-14-11-20(28)17-19(25)9-10-21-22(25)12-15-26(2)23(21)13-16-27(26,29)24(31-33(6,7)8)18-30-32(3,4)5/h17,21-24,29H,9-16,18H2,1-8H3/t21?,22?,23?,24?,25-,26-,27-/m0/s1. The molecule has 3 fully saturated rings. The monoisotopic (exact) mass is 492 g/mol. The maximum Gasteiger partial charge on any atom is 0.184 e. The van der Waals surface area contributed by atoms with Gasteiger partial charge in [-0.2, -0.15) is 0 Å². The number of hydrogen-bond acceptors (Lipinski definition) is 4. The fourth-order valence-electron chi connectivity index (χ4n) is 8.16. The van der Waals surface area contributed by atoms with Crippen molar-refractivity contribution in [1.29, 1.82) is 0 Å². The summed E-state index contributed by atoms with van der Waals surface area (Å²) in [6, 6.07) is 0. The lowest BCUT2D eigenvalue weighted by Gasteiger charge is -2.60. The van der Waals surface area contributed by atoms with E-state index in [4.69, 9.17) is 8.85 Å². The van der Waals surface area contributed by atoms with Crippen molar-refractivity contribution in [2.75, 3.05) is 6.61 Å². The van der Waals surface area contributed by atoms with Crippen molar-refractivity contribution in [3.63, 3.8) is 0 Å². The summed E-state index contributed by atoms with van der Waals surface area (Å²) in [7, 11) is -3.58. The Morgan fingerprint density at radius 3 is 2.27 bits per heavy atom. The van der Waals surface area contributed by atoms with Gasteiger partial charge in [-0.25, -0.2) is 0 Å². The van der Waals surface area contributed by atoms with Gasteiger partial charge in [0.25, 0.3) is 0 Å². The van der Waals surface area contributed by atoms with Crippen LogP contribution >= 0.6 is 0 Å². The lowest BCUT2D eigenvalue weighted by atomic mass is 9.46. The lowest BCUT2D eigenvalue weighted by Crippen LogP contribution is -2.62. The number of rotatable bonds is 6. The molecule has 3 saturated carbocycles. The second kappa shape index (κ2) is 8.40. The zero-order chi connectivity index (χ0) is 24.4. The lowest BCUT2D eigenvalue weighted by molar-refractivity contribution is -0.178. The molecule has 0 aromatic heterocycles. The molecule has 4 aliphatic carbocycles. The number of carbonyl (C=O) groups is 1. The molecule has 0 bridgehead atoms. The van der Waals surface area contributed by atoms with E-state index >= 15 is 0 Å². The van der Waals surface area contributed by atoms with Crippen molar-refractivity contribution in [1.82, 2.24) is 0 Å². The molecule has 4 nitrogen and oxygen atoms in total. The molecular weight excluding hydrogens is 444 g/mol. The van der Waals surface area contributed by atoms with Crippen LogP contribution in [0, 0.1) is 28.6 Å². The van der Waals surface area contributed by atoms with E-state index in [1.54, 1.807) is 0 Å². The highest BCUT2D eigenvalue weighted by molar-refractivity contribution is 6.70. The van der Waals surface area contributed by atoms with Crippen molar-refractivity contribution in [3.8, 4) is 0 Å². The minimum absolute atomic E-state index is 0.136. The summed E-state index contributed by atoms with van der Waals surface area (Å²) >= 11 is 0. The highest BCUT2D eigenvalue weighted by Crippen LogP contribution is 2.68. The predicted molar refractivity (Wildman–Crippen MR) is 139 cm³/mol. The average Bonchev–Trinajstić information content (AvgIpc) is 2.96. The molecule has 0 saturated heterocycles. The summed E-state index contributed by atoms with van der Waals surface area (Å²) in [6.45, 7) is 18.6. The van der Waals surface area contributed by atoms with Crippen LogP contribution in [0.15, 0.2) is 11.6 Å². The van der Waals surface area contributed by atoms with E-state index in [1.807, 2.05) is 6.08 Å². The van der Waals surface area contributed by atoms with Crippen LogP contribution < -0.4 is 0 Å². The maximum absolute atomic E-state index is 12.5. The maximum atomic E-state index is 12.5. The van der Waals surface area contributed by atoms with Crippen LogP contribution in [0.5, 0.6) is 0 Å². The van der Waals surface area contributed by atoms with Crippen molar-refractivity contribution < 1.29 is 18.8 Å². The third kappa shape index (κ3) is 4.52. The molecule has 0 aliphatic heterocycles. The highest BCUT2D eigenvalue weighted by Gasteiger charge is 2.66. The second-order valence-electron chi connectivity index (χ2n) is 14.0. The van der Waals surface area contributed by atoms with Crippen LogP contribution in [0.3, 0.4) is 0 Å². The SMILES string of the molecule is C[C@]12CCC(=O)C=C1CCC1C2CC[C@@]2(C)C1CC[C@]2(O)C(CO[Si](C)(C)C)O[Si](C)(C)C. The van der Waals surface area contributed by atoms with Gasteiger partial charge in [0.1, 0.15) is 0 Å². The van der Waals surface area contributed by atoms with Crippen molar-refractivity contribution in [2.24, 2.45) is 28.6 Å². The van der Waals surface area contributed by atoms with Crippen LogP contribution in [0.2, 0.25) is 39.3 Å². The van der Waals surface area contributed by atoms with Crippen molar-refractivity contribution >= 4 is 22.4 Å². The Hall–Kier alpha value is -0.276. The topological polar surface area (TPSA) is 55.8 Å². The molecule has 0 heterocycles. The molecule has 6 heteroatoms. The molecule has 0 aromatic carbocycles. The second-order valence-corrected chi connectivity index (χ2v) is 23.0. The molecule has 0 spiro atoms. The number of ketones is 1. The largest absolute Gasteiger partial charge is 0.415 e. The van der Waals surface area contributed by atoms with Crippen LogP contribution in [0.1, 0.15) is 65.2 Å². The fraction of sp³-hybridized carbons (Fsp3) is 0.889. The Bertz CT molecular complexity index is 812. The minimum Gasteiger partial charge on any atom is -0.415 e. The summed E-state index contributed by atoms with van der Waals surface area (Å²) in [5.74, 6) is 2.13. The summed E-state index contributed by atoms with van der Waals surface area (Å²) in [5, 5.41) is 12.5. The van der Waals surface area contributed by atoms with Gasteiger partial charge in [-0.1, -0.05) is 19.4 Å². The van der Waals surface area contributed by atoms with E-state index < -0.39 is 22.2 Å². The third-order valence-corrected chi connectivity index (χ3v) is 11.9. The Morgan fingerprint density at radius 2 is 1.64 bits per heavy atom. The first kappa shape index (κ1) is 25.8. The van der Waals surface area contributed by atoms with Crippen LogP contribution in [-0.4, -0.2) is 45.8 Å². The fourth-order valence-corrected chi connectivity index (χ4v) is 9.93. The van der Waals surface area contributed by atoms with Gasteiger partial charge in [0.2, 0.25) is 0 Å². The molecular formula is C27H48O4Si2. The first-order valence-corrected chi connectivity index (χ1v) is 20.2. The molecule has 0 aromatic rings. The number of fused-ring (bicyclic) bond motifs is 5. The molecule has 0 amide bonds. The van der Waals surface area contributed by atoms with Crippen LogP contribution in [0.25, 0.3) is 0 Å². The molecule has 4 rings (SSSR count). The Morgan fingerprint density at radius 1 is 0.970 bits per heavy atom. The highest BCUT2D eigenvalue weighted by atomic mass is 28.4. The van der Waals surface area contributed by atoms with E-state index in [-0.39, 0.29) is 16.9 Å². The zero-order valence-electron chi connectivity index (χ0n) is 22.4. The normalized spacial score (nSPS) is 42.3. The number of allylic oxidation sites excluding steroid dienone is 1. The molecule has 4 unspecified atom stereocenters. The third-order valence-electron chi connectivity index (χ3n) is 9.87. The summed E-state index contributed by atoms with van der Waals surface area (Å²) < 4.78 is 13.1. The summed E-state index contributed by atoms with van der Waals surface area (Å²) in [4.78, 5) is 12.1. The Balaban J connectivity index is 1.63. The van der Waals surface area contributed by atoms with Gasteiger partial charge in [0.15, 0.2) is 22.4 Å². The quantitative estimate of drug-likeness (QED) is 0.441. The van der Waals surface area contributed by atoms with Gasteiger partial charge in [0, 0.05) is 11.8 Å². The first-order chi connectivity index (χ1) is 15.1. The first-order valence-electron chi connectivity index (χ1n) is 13.4. The molecule has 188 valence electrons. The molecule has 1 N–H and O–H groups in total. The van der Waals surface area contributed by atoms with Gasteiger partial charge >= 0.3 is 0 Å². The zero-order valence-corrected chi connectivity index (χ0v) is 24.4. The number of hydrogen-bond donors (Lipinski definition) is 1. The minimum atomic E-state index is -1.86. The molecule has 0 radical (unpaired) electrons. The molecule has 33 heavy (non-hydrogen) atoms. The molecule has 7 atom stereocenters. The van der Waals surface area contributed by atoms with E-state index in [1.165, 1.54) is 12.0 Å². The van der Waals surface area contributed by atoms with Gasteiger partial charge in [-0.05, 0) is 113 Å². The van der Waals surface area contributed by atoms with E-state index in [9.17, 15) is 9.90 Å². The van der Waals surface area contributed by atoms with E-state index in [0.717, 1.165) is 38.5 Å². The molecule has 4 aliphatic rings. The van der Waals surface area contributed by atoms with E-state index in [2.05, 4.69) is 53.1 Å². The Labute approximate surface area is 204 Å². The predicted octanol–water partition coefficient (Wildman–Crippen LogP) is 6.32. The van der Waals surface area contributed by atoms with Crippen molar-refractivity contribution in [2.45, 2.75) is 116 Å². The Kier molecular flexibility index (Phi) is 6.57. The smallest absolute Gasteiger partial charge is 0.184 e. The van der Waals surface area contributed by atoms with E-state index in [0.29, 0.717) is 36.6 Å². The summed E-state index contributed by atoms with van der Waals surface area (Å²) in [5.41, 5.74) is 0.625. The average molecular weight is 493 g/mol. The van der Waals surface area contributed by atoms with Crippen LogP contribution in [-0.2, 0) is 13.6 Å². The number of aliphatic hydroxyl groups is 1. The van der Waals surface area contributed by atoms with Gasteiger partial charge < -0.3 is 14.0 Å². The summed E-state index contributed by atoms with van der Waals surface area (Å²) in [6.07, 6.45) is 9.78.